The molecule has 1 aromatic rings. The standard InChI is InChI=1S/C11H14NO/c1-4-11(13)12(3)10-7-5-9(2)6-8-10/h5-8H,1,4H2,2-3H3. The van der Waals surface area contributed by atoms with Gasteiger partial charge in [0.25, 0.3) is 0 Å². The van der Waals surface area contributed by atoms with Gasteiger partial charge in [0.1, 0.15) is 0 Å². The number of carbonyl (C=O) groups excluding carboxylic acids is 1. The molecule has 2 heteroatoms. The molecule has 0 heterocycles. The van der Waals surface area contributed by atoms with Crippen molar-refractivity contribution in [3.63, 3.8) is 0 Å². The van der Waals surface area contributed by atoms with Crippen LogP contribution in [0, 0.1) is 13.8 Å². The Balaban J connectivity index is 2.83. The van der Waals surface area contributed by atoms with Crippen LogP contribution in [0.3, 0.4) is 0 Å². The summed E-state index contributed by atoms with van der Waals surface area (Å²) >= 11 is 0. The number of rotatable bonds is 2. The molecule has 1 radical (unpaired) electrons. The predicted octanol–water partition coefficient (Wildman–Crippen LogP) is 2.18. The average molecular weight is 176 g/mol. The van der Waals surface area contributed by atoms with E-state index in [2.05, 4.69) is 6.92 Å². The molecule has 0 spiro atoms. The molecule has 0 N–H and O–H groups in total. The number of anilines is 1. The van der Waals surface area contributed by atoms with Gasteiger partial charge in [0.05, 0.1) is 0 Å². The Morgan fingerprint density at radius 3 is 2.38 bits per heavy atom. The Bertz CT molecular complexity index is 289. The third-order valence-electron chi connectivity index (χ3n) is 2.01. The van der Waals surface area contributed by atoms with Crippen molar-refractivity contribution in [1.29, 1.82) is 0 Å². The smallest absolute Gasteiger partial charge is 0.226 e. The number of benzene rings is 1. The molecular weight excluding hydrogens is 162 g/mol. The maximum absolute atomic E-state index is 11.3. The van der Waals surface area contributed by atoms with Crippen LogP contribution in [0.2, 0.25) is 0 Å². The van der Waals surface area contributed by atoms with Crippen LogP contribution in [0.4, 0.5) is 5.69 Å². The summed E-state index contributed by atoms with van der Waals surface area (Å²) in [6.07, 6.45) is 0.296. The van der Waals surface area contributed by atoms with E-state index in [1.165, 1.54) is 5.56 Å². The molecule has 0 saturated carbocycles. The van der Waals surface area contributed by atoms with E-state index in [-0.39, 0.29) is 5.91 Å². The first-order valence-corrected chi connectivity index (χ1v) is 4.27. The zero-order chi connectivity index (χ0) is 9.84. The highest BCUT2D eigenvalue weighted by Crippen LogP contribution is 2.13. The van der Waals surface area contributed by atoms with E-state index in [4.69, 9.17) is 0 Å². The molecule has 2 nitrogen and oxygen atoms in total. The minimum absolute atomic E-state index is 0.0313. The predicted molar refractivity (Wildman–Crippen MR) is 54.6 cm³/mol. The van der Waals surface area contributed by atoms with Crippen molar-refractivity contribution in [3.05, 3.63) is 36.8 Å². The van der Waals surface area contributed by atoms with Gasteiger partial charge in [-0.25, -0.2) is 0 Å². The van der Waals surface area contributed by atoms with Crippen molar-refractivity contribution < 1.29 is 4.79 Å². The van der Waals surface area contributed by atoms with E-state index < -0.39 is 0 Å². The minimum Gasteiger partial charge on any atom is -0.316 e. The lowest BCUT2D eigenvalue weighted by atomic mass is 10.2. The molecule has 1 aromatic carbocycles. The summed E-state index contributed by atoms with van der Waals surface area (Å²) in [5, 5.41) is 0. The highest BCUT2D eigenvalue weighted by atomic mass is 16.2. The second-order valence-corrected chi connectivity index (χ2v) is 3.04. The topological polar surface area (TPSA) is 20.3 Å². The summed E-state index contributed by atoms with van der Waals surface area (Å²) < 4.78 is 0. The van der Waals surface area contributed by atoms with Gasteiger partial charge < -0.3 is 4.90 Å². The normalized spacial score (nSPS) is 9.77. The van der Waals surface area contributed by atoms with E-state index in [1.807, 2.05) is 31.2 Å². The fourth-order valence-corrected chi connectivity index (χ4v) is 1.08. The minimum atomic E-state index is 0.0313. The molecule has 0 aliphatic carbocycles. The van der Waals surface area contributed by atoms with Gasteiger partial charge >= 0.3 is 0 Å². The summed E-state index contributed by atoms with van der Waals surface area (Å²) in [7, 11) is 1.76. The molecule has 0 atom stereocenters. The van der Waals surface area contributed by atoms with Gasteiger partial charge in [-0.3, -0.25) is 4.79 Å². The van der Waals surface area contributed by atoms with E-state index in [1.54, 1.807) is 11.9 Å². The molecule has 0 aliphatic rings. The van der Waals surface area contributed by atoms with Crippen LogP contribution in [-0.2, 0) is 4.79 Å². The summed E-state index contributed by atoms with van der Waals surface area (Å²) in [5.41, 5.74) is 2.11. The van der Waals surface area contributed by atoms with Crippen molar-refractivity contribution in [2.24, 2.45) is 0 Å². The zero-order valence-electron chi connectivity index (χ0n) is 8.08. The average Bonchev–Trinajstić information content (AvgIpc) is 2.17. The van der Waals surface area contributed by atoms with Crippen molar-refractivity contribution in [1.82, 2.24) is 0 Å². The number of amides is 1. The fourth-order valence-electron chi connectivity index (χ4n) is 1.08. The molecule has 0 bridgehead atoms. The van der Waals surface area contributed by atoms with Gasteiger partial charge in [0, 0.05) is 19.2 Å². The lowest BCUT2D eigenvalue weighted by Gasteiger charge is -2.16. The highest BCUT2D eigenvalue weighted by Gasteiger charge is 2.06. The zero-order valence-corrected chi connectivity index (χ0v) is 8.08. The Morgan fingerprint density at radius 1 is 1.38 bits per heavy atom. The molecule has 1 rings (SSSR count). The van der Waals surface area contributed by atoms with E-state index in [0.29, 0.717) is 6.42 Å². The van der Waals surface area contributed by atoms with Crippen LogP contribution in [-0.4, -0.2) is 13.0 Å². The van der Waals surface area contributed by atoms with Gasteiger partial charge in [0.2, 0.25) is 5.91 Å². The lowest BCUT2D eigenvalue weighted by Crippen LogP contribution is -2.24. The van der Waals surface area contributed by atoms with E-state index in [9.17, 15) is 4.79 Å². The van der Waals surface area contributed by atoms with Gasteiger partial charge in [-0.15, -0.1) is 0 Å². The summed E-state index contributed by atoms with van der Waals surface area (Å²) in [6, 6.07) is 7.84. The SMILES string of the molecule is [CH2]CC(=O)N(C)c1ccc(C)cc1. The largest absolute Gasteiger partial charge is 0.316 e. The number of nitrogens with zero attached hydrogens (tertiary/aromatic N) is 1. The van der Waals surface area contributed by atoms with Crippen molar-refractivity contribution in [2.75, 3.05) is 11.9 Å². The van der Waals surface area contributed by atoms with Gasteiger partial charge in [0.15, 0.2) is 0 Å². The highest BCUT2D eigenvalue weighted by molar-refractivity contribution is 5.93. The van der Waals surface area contributed by atoms with Crippen LogP contribution in [0.1, 0.15) is 12.0 Å². The molecule has 0 unspecified atom stereocenters. The van der Waals surface area contributed by atoms with Crippen LogP contribution < -0.4 is 4.90 Å². The van der Waals surface area contributed by atoms with Crippen LogP contribution in [0.15, 0.2) is 24.3 Å². The van der Waals surface area contributed by atoms with Gasteiger partial charge in [-0.1, -0.05) is 17.7 Å². The van der Waals surface area contributed by atoms with Crippen LogP contribution in [0.25, 0.3) is 0 Å². The molecular formula is C11H14NO. The molecule has 69 valence electrons. The number of hydrogen-bond acceptors (Lipinski definition) is 1. The van der Waals surface area contributed by atoms with Crippen molar-refractivity contribution >= 4 is 11.6 Å². The van der Waals surface area contributed by atoms with Crippen LogP contribution >= 0.6 is 0 Å². The van der Waals surface area contributed by atoms with Crippen molar-refractivity contribution in [3.8, 4) is 0 Å². The number of carbonyl (C=O) groups is 1. The monoisotopic (exact) mass is 176 g/mol. The maximum Gasteiger partial charge on any atom is 0.226 e. The van der Waals surface area contributed by atoms with Gasteiger partial charge in [-0.2, -0.15) is 0 Å². The quantitative estimate of drug-likeness (QED) is 0.676. The summed E-state index contributed by atoms with van der Waals surface area (Å²) in [5.74, 6) is 0.0313. The molecule has 0 saturated heterocycles. The summed E-state index contributed by atoms with van der Waals surface area (Å²) in [6.45, 7) is 5.58. The Morgan fingerprint density at radius 2 is 1.92 bits per heavy atom. The molecule has 0 aliphatic heterocycles. The number of aryl methyl sites for hydroxylation is 1. The van der Waals surface area contributed by atoms with Crippen LogP contribution in [0.5, 0.6) is 0 Å². The molecule has 1 amide bonds. The van der Waals surface area contributed by atoms with Crippen molar-refractivity contribution in [2.45, 2.75) is 13.3 Å². The maximum atomic E-state index is 11.3. The first-order chi connectivity index (χ1) is 6.15. The Kier molecular flexibility index (Phi) is 3.07. The molecule has 13 heavy (non-hydrogen) atoms. The molecule has 0 aromatic heterocycles. The second-order valence-electron chi connectivity index (χ2n) is 3.04. The lowest BCUT2D eigenvalue weighted by molar-refractivity contribution is -0.117. The first kappa shape index (κ1) is 9.78. The van der Waals surface area contributed by atoms with E-state index >= 15 is 0 Å². The Hall–Kier alpha value is -1.31. The Labute approximate surface area is 79.2 Å². The third kappa shape index (κ3) is 2.31. The van der Waals surface area contributed by atoms with E-state index in [0.717, 1.165) is 5.69 Å². The second kappa shape index (κ2) is 4.08. The molecule has 0 fully saturated rings. The summed E-state index contributed by atoms with van der Waals surface area (Å²) in [4.78, 5) is 12.9. The van der Waals surface area contributed by atoms with Gasteiger partial charge in [-0.05, 0) is 26.0 Å². The third-order valence-corrected chi connectivity index (χ3v) is 2.01. The number of hydrogen-bond donors (Lipinski definition) is 0. The first-order valence-electron chi connectivity index (χ1n) is 4.27. The fraction of sp³-hybridized carbons (Fsp3) is 0.273.